The minimum absolute atomic E-state index is 0.281. The molecule has 1 aromatic carbocycles. The van der Waals surface area contributed by atoms with Crippen molar-refractivity contribution < 1.29 is 5.11 Å². The monoisotopic (exact) mass is 275 g/mol. The van der Waals surface area contributed by atoms with Crippen LogP contribution in [0.1, 0.15) is 24.6 Å². The molecule has 0 fully saturated rings. The van der Waals surface area contributed by atoms with Gasteiger partial charge in [-0.3, -0.25) is 0 Å². The number of hydrogen-bond donors (Lipinski definition) is 2. The zero-order chi connectivity index (χ0) is 13.5. The normalized spacial score (nSPS) is 12.5. The number of nitrogens with one attached hydrogen (secondary N) is 1. The van der Waals surface area contributed by atoms with Crippen LogP contribution in [-0.2, 0) is 6.54 Å². The van der Waals surface area contributed by atoms with Crippen molar-refractivity contribution >= 4 is 11.3 Å². The molecule has 0 radical (unpaired) electrons. The van der Waals surface area contributed by atoms with Crippen molar-refractivity contribution in [3.05, 3.63) is 46.7 Å². The van der Waals surface area contributed by atoms with E-state index in [0.29, 0.717) is 6.04 Å². The van der Waals surface area contributed by atoms with E-state index in [9.17, 15) is 0 Å². The van der Waals surface area contributed by atoms with Crippen molar-refractivity contribution in [1.82, 2.24) is 5.32 Å². The van der Waals surface area contributed by atoms with E-state index in [-0.39, 0.29) is 6.61 Å². The summed E-state index contributed by atoms with van der Waals surface area (Å²) < 4.78 is 0. The Balaban J connectivity index is 1.88. The van der Waals surface area contributed by atoms with Crippen molar-refractivity contribution in [3.63, 3.8) is 0 Å². The maximum absolute atomic E-state index is 8.80. The lowest BCUT2D eigenvalue weighted by Gasteiger charge is -2.11. The third-order valence-corrected chi connectivity index (χ3v) is 4.12. The highest BCUT2D eigenvalue weighted by Gasteiger charge is 2.04. The lowest BCUT2D eigenvalue weighted by atomic mass is 10.1. The number of benzene rings is 1. The summed E-state index contributed by atoms with van der Waals surface area (Å²) in [5, 5.41) is 14.5. The van der Waals surface area contributed by atoms with Crippen LogP contribution < -0.4 is 5.32 Å². The van der Waals surface area contributed by atoms with Gasteiger partial charge in [-0.15, -0.1) is 11.3 Å². The van der Waals surface area contributed by atoms with Crippen LogP contribution in [0.2, 0.25) is 0 Å². The molecule has 2 nitrogen and oxygen atoms in total. The summed E-state index contributed by atoms with van der Waals surface area (Å²) in [6, 6.07) is 13.2. The van der Waals surface area contributed by atoms with Crippen LogP contribution in [0, 0.1) is 0 Å². The Kier molecular flexibility index (Phi) is 5.58. The molecule has 0 spiro atoms. The first-order chi connectivity index (χ1) is 9.29. The first kappa shape index (κ1) is 14.3. The molecule has 1 heterocycles. The van der Waals surface area contributed by atoms with Crippen LogP contribution in [0.5, 0.6) is 0 Å². The van der Waals surface area contributed by atoms with E-state index in [1.54, 1.807) is 11.3 Å². The largest absolute Gasteiger partial charge is 0.396 e. The van der Waals surface area contributed by atoms with Gasteiger partial charge in [-0.2, -0.15) is 0 Å². The SMILES string of the molecule is CC(CCCO)NCc1cc(-c2ccccc2)cs1. The summed E-state index contributed by atoms with van der Waals surface area (Å²) in [6.07, 6.45) is 1.89. The first-order valence-electron chi connectivity index (χ1n) is 6.76. The van der Waals surface area contributed by atoms with Gasteiger partial charge in [0.1, 0.15) is 0 Å². The Bertz CT molecular complexity index is 481. The summed E-state index contributed by atoms with van der Waals surface area (Å²) in [5.41, 5.74) is 2.57. The van der Waals surface area contributed by atoms with Crippen LogP contribution in [0.3, 0.4) is 0 Å². The topological polar surface area (TPSA) is 32.3 Å². The minimum Gasteiger partial charge on any atom is -0.396 e. The number of aliphatic hydroxyl groups excluding tert-OH is 1. The Labute approximate surface area is 119 Å². The lowest BCUT2D eigenvalue weighted by molar-refractivity contribution is 0.276. The molecule has 0 amide bonds. The fourth-order valence-electron chi connectivity index (χ4n) is 2.03. The molecule has 2 N–H and O–H groups in total. The van der Waals surface area contributed by atoms with Gasteiger partial charge in [-0.25, -0.2) is 0 Å². The highest BCUT2D eigenvalue weighted by molar-refractivity contribution is 7.10. The standard InChI is InChI=1S/C16H21NOS/c1-13(6-5-9-18)17-11-16-10-15(12-19-16)14-7-3-2-4-8-14/h2-4,7-8,10,12-13,17-18H,5-6,9,11H2,1H3. The summed E-state index contributed by atoms with van der Waals surface area (Å²) in [4.78, 5) is 1.36. The Morgan fingerprint density at radius 1 is 1.21 bits per heavy atom. The van der Waals surface area contributed by atoms with Crippen molar-refractivity contribution in [2.75, 3.05) is 6.61 Å². The van der Waals surface area contributed by atoms with Gasteiger partial charge in [0.15, 0.2) is 0 Å². The van der Waals surface area contributed by atoms with Crippen molar-refractivity contribution in [3.8, 4) is 11.1 Å². The van der Waals surface area contributed by atoms with Crippen LogP contribution in [0.25, 0.3) is 11.1 Å². The average molecular weight is 275 g/mol. The van der Waals surface area contributed by atoms with Gasteiger partial charge in [0.2, 0.25) is 0 Å². The first-order valence-corrected chi connectivity index (χ1v) is 7.64. The average Bonchev–Trinajstić information content (AvgIpc) is 2.93. The molecule has 1 atom stereocenters. The molecule has 102 valence electrons. The maximum atomic E-state index is 8.80. The van der Waals surface area contributed by atoms with Crippen molar-refractivity contribution in [1.29, 1.82) is 0 Å². The molecule has 0 aliphatic carbocycles. The van der Waals surface area contributed by atoms with E-state index in [4.69, 9.17) is 5.11 Å². The second-order valence-electron chi connectivity index (χ2n) is 4.82. The minimum atomic E-state index is 0.281. The second kappa shape index (κ2) is 7.43. The van der Waals surface area contributed by atoms with Crippen LogP contribution in [0.15, 0.2) is 41.8 Å². The van der Waals surface area contributed by atoms with Gasteiger partial charge in [-0.1, -0.05) is 30.3 Å². The third kappa shape index (κ3) is 4.46. The molecular formula is C16H21NOS. The number of hydrogen-bond acceptors (Lipinski definition) is 3. The van der Waals surface area contributed by atoms with E-state index < -0.39 is 0 Å². The molecule has 0 aliphatic rings. The summed E-state index contributed by atoms with van der Waals surface area (Å²) in [6.45, 7) is 3.36. The molecule has 3 heteroatoms. The van der Waals surface area contributed by atoms with Gasteiger partial charge < -0.3 is 10.4 Å². The van der Waals surface area contributed by atoms with E-state index in [1.165, 1.54) is 16.0 Å². The van der Waals surface area contributed by atoms with Crippen LogP contribution >= 0.6 is 11.3 Å². The molecule has 0 saturated heterocycles. The Hall–Kier alpha value is -1.16. The zero-order valence-corrected chi connectivity index (χ0v) is 12.1. The van der Waals surface area contributed by atoms with E-state index in [2.05, 4.69) is 48.0 Å². The maximum Gasteiger partial charge on any atom is 0.0431 e. The smallest absolute Gasteiger partial charge is 0.0431 e. The predicted molar refractivity (Wildman–Crippen MR) is 82.4 cm³/mol. The van der Waals surface area contributed by atoms with Crippen molar-refractivity contribution in [2.45, 2.75) is 32.4 Å². The van der Waals surface area contributed by atoms with E-state index in [0.717, 1.165) is 19.4 Å². The fourth-order valence-corrected chi connectivity index (χ4v) is 2.87. The van der Waals surface area contributed by atoms with E-state index in [1.807, 2.05) is 6.07 Å². The predicted octanol–water partition coefficient (Wildman–Crippen LogP) is 3.67. The third-order valence-electron chi connectivity index (χ3n) is 3.18. The lowest BCUT2D eigenvalue weighted by Crippen LogP contribution is -2.25. The molecule has 0 bridgehead atoms. The molecule has 2 aromatic rings. The molecule has 1 aromatic heterocycles. The van der Waals surface area contributed by atoms with Gasteiger partial charge in [-0.05, 0) is 42.3 Å². The number of thiophene rings is 1. The molecular weight excluding hydrogens is 254 g/mol. The molecule has 0 saturated carbocycles. The quantitative estimate of drug-likeness (QED) is 0.808. The highest BCUT2D eigenvalue weighted by Crippen LogP contribution is 2.25. The highest BCUT2D eigenvalue weighted by atomic mass is 32.1. The van der Waals surface area contributed by atoms with Crippen molar-refractivity contribution in [2.24, 2.45) is 0 Å². The molecule has 1 unspecified atom stereocenters. The fraction of sp³-hybridized carbons (Fsp3) is 0.375. The summed E-state index contributed by atoms with van der Waals surface area (Å²) in [7, 11) is 0. The summed E-state index contributed by atoms with van der Waals surface area (Å²) in [5.74, 6) is 0. The number of rotatable bonds is 7. The molecule has 0 aliphatic heterocycles. The van der Waals surface area contributed by atoms with E-state index >= 15 is 0 Å². The molecule has 19 heavy (non-hydrogen) atoms. The van der Waals surface area contributed by atoms with Gasteiger partial charge in [0.25, 0.3) is 0 Å². The van der Waals surface area contributed by atoms with Crippen LogP contribution in [0.4, 0.5) is 0 Å². The van der Waals surface area contributed by atoms with Gasteiger partial charge >= 0.3 is 0 Å². The molecule has 2 rings (SSSR count). The van der Waals surface area contributed by atoms with Crippen LogP contribution in [-0.4, -0.2) is 17.8 Å². The zero-order valence-electron chi connectivity index (χ0n) is 11.3. The Morgan fingerprint density at radius 2 is 2.00 bits per heavy atom. The second-order valence-corrected chi connectivity index (χ2v) is 5.81. The van der Waals surface area contributed by atoms with Gasteiger partial charge in [0, 0.05) is 24.1 Å². The summed E-state index contributed by atoms with van der Waals surface area (Å²) >= 11 is 1.80. The number of aliphatic hydroxyl groups is 1. The Morgan fingerprint density at radius 3 is 2.74 bits per heavy atom. The van der Waals surface area contributed by atoms with Gasteiger partial charge in [0.05, 0.1) is 0 Å².